The van der Waals surface area contributed by atoms with E-state index in [9.17, 15) is 0 Å². The van der Waals surface area contributed by atoms with Gasteiger partial charge in [0.05, 0.1) is 24.3 Å². The molecule has 46 heavy (non-hydrogen) atoms. The number of benzene rings is 2. The van der Waals surface area contributed by atoms with Gasteiger partial charge in [0.25, 0.3) is 0 Å². The SMILES string of the molecule is CC(C)Oc1ccc2c(c1)C(I)=NC2.CC(C)Oc1ccc2nn(COCC[Si](C)(C)C)c(I)c2c1.C[Si](C)(C)CCOCCl.[H-].[Na+]. The van der Waals surface area contributed by atoms with Gasteiger partial charge in [-0.1, -0.05) is 56.9 Å². The summed E-state index contributed by atoms with van der Waals surface area (Å²) in [4.78, 5) is 4.37. The van der Waals surface area contributed by atoms with Crippen molar-refractivity contribution in [3.05, 3.63) is 51.2 Å². The summed E-state index contributed by atoms with van der Waals surface area (Å²) >= 11 is 9.92. The molecule has 3 aromatic rings. The van der Waals surface area contributed by atoms with Gasteiger partial charge < -0.3 is 20.4 Å². The molecule has 0 spiro atoms. The molecule has 0 fully saturated rings. The van der Waals surface area contributed by atoms with Crippen LogP contribution < -0.4 is 39.0 Å². The summed E-state index contributed by atoms with van der Waals surface area (Å²) in [6.45, 7) is 25.2. The van der Waals surface area contributed by atoms with Crippen molar-refractivity contribution in [3.8, 4) is 11.5 Å². The van der Waals surface area contributed by atoms with Crippen molar-refractivity contribution < 1.29 is 49.9 Å². The van der Waals surface area contributed by atoms with Gasteiger partial charge in [-0.2, -0.15) is 5.10 Å². The molecule has 13 heteroatoms. The molecule has 2 aromatic carbocycles. The molecule has 1 aliphatic rings. The van der Waals surface area contributed by atoms with Crippen LogP contribution in [0.2, 0.25) is 51.4 Å². The number of rotatable bonds is 13. The molecule has 0 radical (unpaired) electrons. The van der Waals surface area contributed by atoms with Gasteiger partial charge in [-0.3, -0.25) is 4.99 Å². The first-order chi connectivity index (χ1) is 21.0. The van der Waals surface area contributed by atoms with Crippen molar-refractivity contribution in [2.24, 2.45) is 4.99 Å². The molecule has 0 saturated carbocycles. The maximum Gasteiger partial charge on any atom is 1.00 e. The molecule has 0 saturated heterocycles. The molecule has 0 bridgehead atoms. The van der Waals surface area contributed by atoms with Gasteiger partial charge in [-0.05, 0) is 121 Å². The molecule has 1 aromatic heterocycles. The molecule has 0 aliphatic carbocycles. The predicted octanol–water partition coefficient (Wildman–Crippen LogP) is 7.56. The number of halogens is 3. The Morgan fingerprint density at radius 2 is 1.39 bits per heavy atom. The molecule has 0 amide bonds. The van der Waals surface area contributed by atoms with Crippen LogP contribution in [0.3, 0.4) is 0 Å². The summed E-state index contributed by atoms with van der Waals surface area (Å²) in [6.07, 6.45) is 0.402. The van der Waals surface area contributed by atoms with E-state index in [0.717, 1.165) is 49.6 Å². The third-order valence-electron chi connectivity index (χ3n) is 6.36. The van der Waals surface area contributed by atoms with E-state index in [1.807, 2.05) is 50.6 Å². The van der Waals surface area contributed by atoms with Crippen molar-refractivity contribution in [2.45, 2.75) is 105 Å². The first-order valence-corrected chi connectivity index (χ1v) is 25.6. The summed E-state index contributed by atoms with van der Waals surface area (Å²) in [7, 11) is -1.92. The molecule has 0 unspecified atom stereocenters. The van der Waals surface area contributed by atoms with Gasteiger partial charge in [-0.25, -0.2) is 4.68 Å². The van der Waals surface area contributed by atoms with Crippen LogP contribution in [0.15, 0.2) is 41.4 Å². The quantitative estimate of drug-likeness (QED) is 0.0767. The average molecular weight is 924 g/mol. The van der Waals surface area contributed by atoms with Gasteiger partial charge in [0.15, 0.2) is 0 Å². The third-order valence-corrected chi connectivity index (χ3v) is 12.0. The molecule has 7 nitrogen and oxygen atoms in total. The number of aliphatic imine (C=N–C) groups is 1. The van der Waals surface area contributed by atoms with Gasteiger partial charge in [0.1, 0.15) is 31.7 Å². The molecule has 1 aliphatic heterocycles. The molecular weight excluding hydrogens is 871 g/mol. The Kier molecular flexibility index (Phi) is 20.7. The second-order valence-corrected chi connectivity index (χ2v) is 27.4. The van der Waals surface area contributed by atoms with E-state index in [2.05, 4.69) is 113 Å². The number of aromatic nitrogens is 2. The van der Waals surface area contributed by atoms with Crippen LogP contribution in [-0.4, -0.2) is 61.1 Å². The van der Waals surface area contributed by atoms with E-state index < -0.39 is 16.1 Å². The number of nitrogens with zero attached hydrogens (tertiary/aromatic N) is 3. The second kappa shape index (κ2) is 21.5. The van der Waals surface area contributed by atoms with Gasteiger partial charge in [-0.15, -0.1) is 0 Å². The Morgan fingerprint density at radius 3 is 1.93 bits per heavy atom. The number of fused-ring (bicyclic) bond motifs is 2. The zero-order valence-corrected chi connectivity index (χ0v) is 38.7. The van der Waals surface area contributed by atoms with Crippen molar-refractivity contribution >= 4 is 87.6 Å². The largest absolute Gasteiger partial charge is 1.00 e. The third kappa shape index (κ3) is 17.3. The topological polar surface area (TPSA) is 67.1 Å². The second-order valence-electron chi connectivity index (χ2n) is 13.9. The smallest absolute Gasteiger partial charge is 1.00 e. The van der Waals surface area contributed by atoms with Gasteiger partial charge in [0.2, 0.25) is 0 Å². The van der Waals surface area contributed by atoms with Crippen LogP contribution in [-0.2, 0) is 22.7 Å². The summed E-state index contributed by atoms with van der Waals surface area (Å²) in [5, 5.41) is 5.72. The Balaban J connectivity index is 0.000000729. The fourth-order valence-corrected chi connectivity index (χ4v) is 6.92. The average Bonchev–Trinajstić information content (AvgIpc) is 3.44. The summed E-state index contributed by atoms with van der Waals surface area (Å²) in [5.41, 5.74) is 3.50. The molecule has 0 atom stereocenters. The first kappa shape index (κ1) is 44.3. The van der Waals surface area contributed by atoms with E-state index in [1.165, 1.54) is 23.2 Å². The number of ether oxygens (including phenoxy) is 4. The van der Waals surface area contributed by atoms with E-state index in [0.29, 0.717) is 12.8 Å². The van der Waals surface area contributed by atoms with Crippen LogP contribution in [0, 0.1) is 3.70 Å². The van der Waals surface area contributed by atoms with Crippen LogP contribution in [0.4, 0.5) is 0 Å². The minimum Gasteiger partial charge on any atom is -1.00 e. The van der Waals surface area contributed by atoms with E-state index in [1.54, 1.807) is 0 Å². The van der Waals surface area contributed by atoms with Crippen molar-refractivity contribution in [2.75, 3.05) is 19.3 Å². The van der Waals surface area contributed by atoms with Crippen LogP contribution in [0.5, 0.6) is 11.5 Å². The monoisotopic (exact) mass is 923 g/mol. The van der Waals surface area contributed by atoms with E-state index in [-0.39, 0.29) is 43.2 Å². The molecular formula is C33H53ClI2N3NaO4Si2. The Bertz CT molecular complexity index is 1390. The number of alkyl halides is 1. The zero-order valence-electron chi connectivity index (χ0n) is 30.7. The zero-order chi connectivity index (χ0) is 33.8. The first-order valence-electron chi connectivity index (χ1n) is 15.5. The fourth-order valence-electron chi connectivity index (χ4n) is 3.94. The van der Waals surface area contributed by atoms with Crippen molar-refractivity contribution in [3.63, 3.8) is 0 Å². The summed E-state index contributed by atoms with van der Waals surface area (Å²) in [6, 6.07) is 15.0. The minimum absolute atomic E-state index is 0. The van der Waals surface area contributed by atoms with Crippen LogP contribution in [0.1, 0.15) is 40.2 Å². The Hall–Kier alpha value is 0.284. The molecule has 254 valence electrons. The fraction of sp³-hybridized carbons (Fsp3) is 0.576. The Morgan fingerprint density at radius 1 is 0.848 bits per heavy atom. The number of hydrogen-bond acceptors (Lipinski definition) is 6. The minimum atomic E-state index is -1.04. The summed E-state index contributed by atoms with van der Waals surface area (Å²) in [5.74, 6) is 1.82. The van der Waals surface area contributed by atoms with Crippen LogP contribution in [0.25, 0.3) is 10.9 Å². The van der Waals surface area contributed by atoms with E-state index in [4.69, 9.17) is 30.5 Å². The molecule has 4 rings (SSSR count). The standard InChI is InChI=1S/C16H25IN2O2Si.C11H12INO.C6H15ClOSi.Na.H/c1-12(2)21-13-6-7-15-14(10-13)16(17)19(18-15)11-20-8-9-22(3,4)5;1-7(2)14-9-4-3-8-6-13-11(12)10(8)5-9;1-9(2,3)5-4-8-6-7;;/h6-7,10,12H,8-9,11H2,1-5H3;3-5,7H,6H2,1-2H3;4-6H2,1-3H3;;/q;;;+1;-1. The maximum absolute atomic E-state index is 5.80. The van der Waals surface area contributed by atoms with Gasteiger partial charge in [0, 0.05) is 40.3 Å². The maximum atomic E-state index is 5.80. The number of hydrogen-bond donors (Lipinski definition) is 0. The molecule has 0 N–H and O–H groups in total. The van der Waals surface area contributed by atoms with Crippen molar-refractivity contribution in [1.29, 1.82) is 0 Å². The predicted molar refractivity (Wildman–Crippen MR) is 215 cm³/mol. The molecule has 2 heterocycles. The van der Waals surface area contributed by atoms with Crippen LogP contribution >= 0.6 is 56.8 Å². The van der Waals surface area contributed by atoms with Gasteiger partial charge >= 0.3 is 29.6 Å². The summed E-state index contributed by atoms with van der Waals surface area (Å²) < 4.78 is 26.3. The Labute approximate surface area is 335 Å². The van der Waals surface area contributed by atoms with E-state index >= 15 is 0 Å². The van der Waals surface area contributed by atoms with Crippen molar-refractivity contribution in [1.82, 2.24) is 9.78 Å². The normalized spacial score (nSPS) is 12.5.